The van der Waals surface area contributed by atoms with Crippen molar-refractivity contribution in [3.63, 3.8) is 0 Å². The van der Waals surface area contributed by atoms with E-state index in [9.17, 15) is 9.59 Å². The van der Waals surface area contributed by atoms with Crippen LogP contribution >= 0.6 is 35.0 Å². The molecule has 0 saturated heterocycles. The molecule has 0 spiro atoms. The molecule has 7 heteroatoms. The third kappa shape index (κ3) is 8.03. The minimum absolute atomic E-state index is 0.142. The summed E-state index contributed by atoms with van der Waals surface area (Å²) in [6, 6.07) is 22.3. The molecule has 0 saturated carbocycles. The van der Waals surface area contributed by atoms with E-state index in [-0.39, 0.29) is 24.1 Å². The van der Waals surface area contributed by atoms with Crippen molar-refractivity contribution in [2.45, 2.75) is 44.2 Å². The minimum Gasteiger partial charge on any atom is -0.354 e. The highest BCUT2D eigenvalue weighted by molar-refractivity contribution is 8.00. The molecular formula is C28H30Cl2N2O2S. The van der Waals surface area contributed by atoms with Crippen LogP contribution in [0.3, 0.4) is 0 Å². The number of halogens is 2. The first-order valence-corrected chi connectivity index (χ1v) is 13.4. The third-order valence-corrected chi connectivity index (χ3v) is 7.30. The Hall–Kier alpha value is -2.47. The lowest BCUT2D eigenvalue weighted by atomic mass is 10.0. The van der Waals surface area contributed by atoms with Gasteiger partial charge in [0, 0.05) is 40.0 Å². The Morgan fingerprint density at radius 2 is 1.60 bits per heavy atom. The molecule has 0 radical (unpaired) electrons. The fourth-order valence-corrected chi connectivity index (χ4v) is 4.94. The molecule has 0 aliphatic carbocycles. The predicted molar refractivity (Wildman–Crippen MR) is 146 cm³/mol. The predicted octanol–water partition coefficient (Wildman–Crippen LogP) is 6.56. The largest absolute Gasteiger partial charge is 0.354 e. The lowest BCUT2D eigenvalue weighted by molar-refractivity contribution is -0.139. The van der Waals surface area contributed by atoms with E-state index in [2.05, 4.69) is 5.32 Å². The van der Waals surface area contributed by atoms with E-state index < -0.39 is 6.04 Å². The van der Waals surface area contributed by atoms with Crippen LogP contribution in [0.2, 0.25) is 10.0 Å². The maximum absolute atomic E-state index is 13.7. The number of thioether (sulfide) groups is 1. The molecule has 0 aliphatic rings. The first-order valence-electron chi connectivity index (χ1n) is 11.6. The summed E-state index contributed by atoms with van der Waals surface area (Å²) in [6.07, 6.45) is 1.19. The van der Waals surface area contributed by atoms with Gasteiger partial charge in [0.15, 0.2) is 0 Å². The van der Waals surface area contributed by atoms with Gasteiger partial charge in [-0.25, -0.2) is 0 Å². The fraction of sp³-hybridized carbons (Fsp3) is 0.286. The number of amides is 2. The normalized spacial score (nSPS) is 11.7. The van der Waals surface area contributed by atoms with Gasteiger partial charge in [-0.2, -0.15) is 0 Å². The number of aryl methyl sites for hydroxylation is 1. The van der Waals surface area contributed by atoms with Crippen LogP contribution in [-0.4, -0.2) is 35.1 Å². The standard InChI is InChI=1S/C28H30Cl2N2O2S/c1-3-16-31-28(34)26(17-21-8-5-4-6-9-21)32(18-23-24(29)10-7-11-25(23)30)27(33)19-35-22-14-12-20(2)13-15-22/h4-15,26H,3,16-19H2,1-2H3,(H,31,34)/t26-/m0/s1. The van der Waals surface area contributed by atoms with Crippen LogP contribution in [0, 0.1) is 6.92 Å². The van der Waals surface area contributed by atoms with Crippen molar-refractivity contribution in [3.8, 4) is 0 Å². The highest BCUT2D eigenvalue weighted by Crippen LogP contribution is 2.28. The van der Waals surface area contributed by atoms with Crippen molar-refractivity contribution < 1.29 is 9.59 Å². The van der Waals surface area contributed by atoms with Gasteiger partial charge in [0.05, 0.1) is 5.75 Å². The summed E-state index contributed by atoms with van der Waals surface area (Å²) in [4.78, 5) is 29.6. The first-order chi connectivity index (χ1) is 16.9. The molecule has 0 bridgehead atoms. The van der Waals surface area contributed by atoms with Crippen LogP contribution < -0.4 is 5.32 Å². The summed E-state index contributed by atoms with van der Waals surface area (Å²) in [7, 11) is 0. The summed E-state index contributed by atoms with van der Waals surface area (Å²) in [5.74, 6) is -0.149. The summed E-state index contributed by atoms with van der Waals surface area (Å²) < 4.78 is 0. The van der Waals surface area contributed by atoms with Gasteiger partial charge in [-0.05, 0) is 43.2 Å². The molecule has 0 fully saturated rings. The van der Waals surface area contributed by atoms with E-state index in [0.29, 0.717) is 28.6 Å². The number of nitrogens with zero attached hydrogens (tertiary/aromatic N) is 1. The number of hydrogen-bond donors (Lipinski definition) is 1. The lowest BCUT2D eigenvalue weighted by Gasteiger charge is -2.32. The Morgan fingerprint density at radius 3 is 2.23 bits per heavy atom. The van der Waals surface area contributed by atoms with Gasteiger partial charge >= 0.3 is 0 Å². The molecule has 35 heavy (non-hydrogen) atoms. The van der Waals surface area contributed by atoms with Crippen molar-refractivity contribution in [2.24, 2.45) is 0 Å². The second-order valence-corrected chi connectivity index (χ2v) is 10.2. The lowest BCUT2D eigenvalue weighted by Crippen LogP contribution is -2.51. The molecule has 0 heterocycles. The Kier molecular flexibility index (Phi) is 10.5. The molecule has 0 aromatic heterocycles. The SMILES string of the molecule is CCCNC(=O)[C@H](Cc1ccccc1)N(Cc1c(Cl)cccc1Cl)C(=O)CSc1ccc(C)cc1. The Morgan fingerprint density at radius 1 is 0.943 bits per heavy atom. The summed E-state index contributed by atoms with van der Waals surface area (Å²) >= 11 is 14.4. The molecule has 2 amide bonds. The monoisotopic (exact) mass is 528 g/mol. The van der Waals surface area contributed by atoms with Crippen molar-refractivity contribution >= 4 is 46.8 Å². The van der Waals surface area contributed by atoms with Crippen LogP contribution in [0.4, 0.5) is 0 Å². The molecule has 3 aromatic rings. The minimum atomic E-state index is -0.706. The zero-order valence-corrected chi connectivity index (χ0v) is 22.3. The molecular weight excluding hydrogens is 499 g/mol. The molecule has 4 nitrogen and oxygen atoms in total. The van der Waals surface area contributed by atoms with Crippen LogP contribution in [0.15, 0.2) is 77.7 Å². The number of hydrogen-bond acceptors (Lipinski definition) is 3. The van der Waals surface area contributed by atoms with Gasteiger partial charge < -0.3 is 10.2 Å². The van der Waals surface area contributed by atoms with E-state index in [1.165, 1.54) is 11.8 Å². The van der Waals surface area contributed by atoms with Crippen LogP contribution in [0.5, 0.6) is 0 Å². The number of benzene rings is 3. The molecule has 1 N–H and O–H groups in total. The second-order valence-electron chi connectivity index (χ2n) is 8.32. The molecule has 0 unspecified atom stereocenters. The van der Waals surface area contributed by atoms with E-state index >= 15 is 0 Å². The topological polar surface area (TPSA) is 49.4 Å². The van der Waals surface area contributed by atoms with Crippen LogP contribution in [-0.2, 0) is 22.6 Å². The van der Waals surface area contributed by atoms with E-state index in [1.54, 1.807) is 23.1 Å². The molecule has 0 aliphatic heterocycles. The maximum Gasteiger partial charge on any atom is 0.243 e. The third-order valence-electron chi connectivity index (χ3n) is 5.59. The van der Waals surface area contributed by atoms with Gasteiger partial charge in [-0.3, -0.25) is 9.59 Å². The highest BCUT2D eigenvalue weighted by Gasteiger charge is 2.31. The number of carbonyl (C=O) groups excluding carboxylic acids is 2. The van der Waals surface area contributed by atoms with E-state index in [1.807, 2.05) is 68.4 Å². The van der Waals surface area contributed by atoms with E-state index in [0.717, 1.165) is 22.4 Å². The second kappa shape index (κ2) is 13.6. The Balaban J connectivity index is 1.93. The zero-order valence-electron chi connectivity index (χ0n) is 20.0. The summed E-state index contributed by atoms with van der Waals surface area (Å²) in [5.41, 5.74) is 2.76. The molecule has 3 aromatic carbocycles. The average molecular weight is 530 g/mol. The summed E-state index contributed by atoms with van der Waals surface area (Å²) in [5, 5.41) is 3.91. The fourth-order valence-electron chi connectivity index (χ4n) is 3.64. The first kappa shape index (κ1) is 27.1. The molecule has 1 atom stereocenters. The Labute approximate surface area is 222 Å². The number of rotatable bonds is 11. The zero-order chi connectivity index (χ0) is 25.2. The molecule has 3 rings (SSSR count). The smallest absolute Gasteiger partial charge is 0.243 e. The highest BCUT2D eigenvalue weighted by atomic mass is 35.5. The van der Waals surface area contributed by atoms with Gasteiger partial charge in [0.1, 0.15) is 6.04 Å². The van der Waals surface area contributed by atoms with Gasteiger partial charge in [-0.1, -0.05) is 84.2 Å². The van der Waals surface area contributed by atoms with Crippen molar-refractivity contribution in [1.29, 1.82) is 0 Å². The van der Waals surface area contributed by atoms with E-state index in [4.69, 9.17) is 23.2 Å². The van der Waals surface area contributed by atoms with Crippen LogP contribution in [0.25, 0.3) is 0 Å². The van der Waals surface area contributed by atoms with Gasteiger partial charge in [-0.15, -0.1) is 11.8 Å². The van der Waals surface area contributed by atoms with Crippen molar-refractivity contribution in [2.75, 3.05) is 12.3 Å². The van der Waals surface area contributed by atoms with Crippen LogP contribution in [0.1, 0.15) is 30.0 Å². The van der Waals surface area contributed by atoms with Crippen molar-refractivity contribution in [3.05, 3.63) is 99.5 Å². The average Bonchev–Trinajstić information content (AvgIpc) is 2.86. The maximum atomic E-state index is 13.7. The van der Waals surface area contributed by atoms with Crippen molar-refractivity contribution in [1.82, 2.24) is 10.2 Å². The van der Waals surface area contributed by atoms with Gasteiger partial charge in [0.2, 0.25) is 11.8 Å². The number of carbonyl (C=O) groups is 2. The summed E-state index contributed by atoms with van der Waals surface area (Å²) in [6.45, 7) is 4.70. The van der Waals surface area contributed by atoms with Gasteiger partial charge in [0.25, 0.3) is 0 Å². The molecule has 184 valence electrons. The quantitative estimate of drug-likeness (QED) is 0.286. The Bertz CT molecular complexity index is 1100. The number of nitrogens with one attached hydrogen (secondary N) is 1.